The summed E-state index contributed by atoms with van der Waals surface area (Å²) in [5, 5.41) is 7.51. The fourth-order valence-corrected chi connectivity index (χ4v) is 1.80. The van der Waals surface area contributed by atoms with Crippen LogP contribution in [0.4, 0.5) is 0 Å². The molecule has 2 aromatic heterocycles. The predicted molar refractivity (Wildman–Crippen MR) is 46.2 cm³/mol. The van der Waals surface area contributed by atoms with E-state index in [9.17, 15) is 0 Å². The van der Waals surface area contributed by atoms with Gasteiger partial charge in [0.15, 0.2) is 4.47 Å². The fraction of sp³-hybridized carbons (Fsp3) is 0.167. The molecular weight excluding hydrogens is 196 g/mol. The average molecular weight is 201 g/mol. The second kappa shape index (κ2) is 3.20. The fourth-order valence-electron chi connectivity index (χ4n) is 0.833. The third kappa shape index (κ3) is 1.62. The third-order valence-corrected chi connectivity index (χ3v) is 2.41. The lowest BCUT2D eigenvalue weighted by Gasteiger charge is -1.93. The summed E-state index contributed by atoms with van der Waals surface area (Å²) in [5.41, 5.74) is 0. The summed E-state index contributed by atoms with van der Waals surface area (Å²) in [5.74, 6) is 0. The van der Waals surface area contributed by atoms with Gasteiger partial charge in [-0.05, 0) is 0 Å². The van der Waals surface area contributed by atoms with Crippen LogP contribution in [0.2, 0.25) is 4.47 Å². The zero-order valence-electron chi connectivity index (χ0n) is 6.01. The van der Waals surface area contributed by atoms with Crippen LogP contribution in [0.5, 0.6) is 0 Å². The topological polar surface area (TPSA) is 43.6 Å². The van der Waals surface area contributed by atoms with Crippen LogP contribution in [0.15, 0.2) is 18.6 Å². The Hall–Kier alpha value is -0.940. The van der Waals surface area contributed by atoms with Gasteiger partial charge in [0.25, 0.3) is 0 Å². The van der Waals surface area contributed by atoms with Gasteiger partial charge < -0.3 is 0 Å². The Balaban J connectivity index is 2.14. The van der Waals surface area contributed by atoms with Crippen molar-refractivity contribution in [2.24, 2.45) is 0 Å². The molecule has 0 aliphatic rings. The summed E-state index contributed by atoms with van der Waals surface area (Å²) in [6.45, 7) is 0.685. The van der Waals surface area contributed by atoms with Crippen molar-refractivity contribution in [1.82, 2.24) is 20.0 Å². The molecule has 62 valence electrons. The molecule has 2 aromatic rings. The number of hydrogen-bond acceptors (Lipinski definition) is 4. The Labute approximate surface area is 77.8 Å². The maximum Gasteiger partial charge on any atom is 0.183 e. The summed E-state index contributed by atoms with van der Waals surface area (Å²) >= 11 is 7.11. The largest absolute Gasteiger partial charge is 0.247 e. The van der Waals surface area contributed by atoms with Gasteiger partial charge in [-0.15, -0.1) is 16.4 Å². The van der Waals surface area contributed by atoms with Crippen molar-refractivity contribution < 1.29 is 0 Å². The van der Waals surface area contributed by atoms with E-state index >= 15 is 0 Å². The predicted octanol–water partition coefficient (Wildman–Crippen LogP) is 1.44. The summed E-state index contributed by atoms with van der Waals surface area (Å²) < 4.78 is 2.29. The van der Waals surface area contributed by atoms with Gasteiger partial charge in [0.05, 0.1) is 12.7 Å². The van der Waals surface area contributed by atoms with Gasteiger partial charge in [0.2, 0.25) is 0 Å². The number of halogens is 1. The SMILES string of the molecule is Clc1ncc(Cn2ccnn2)s1. The van der Waals surface area contributed by atoms with Crippen LogP contribution < -0.4 is 0 Å². The Morgan fingerprint density at radius 2 is 2.50 bits per heavy atom. The highest BCUT2D eigenvalue weighted by Gasteiger charge is 1.99. The second-order valence-corrected chi connectivity index (χ2v) is 3.88. The molecule has 0 aromatic carbocycles. The smallest absolute Gasteiger partial charge is 0.183 e. The van der Waals surface area contributed by atoms with Crippen molar-refractivity contribution >= 4 is 22.9 Å². The molecule has 0 N–H and O–H groups in total. The van der Waals surface area contributed by atoms with E-state index < -0.39 is 0 Å². The minimum atomic E-state index is 0.560. The molecule has 0 saturated heterocycles. The maximum absolute atomic E-state index is 5.66. The van der Waals surface area contributed by atoms with Crippen molar-refractivity contribution in [3.63, 3.8) is 0 Å². The highest BCUT2D eigenvalue weighted by Crippen LogP contribution is 2.17. The van der Waals surface area contributed by atoms with Crippen LogP contribution >= 0.6 is 22.9 Å². The van der Waals surface area contributed by atoms with Crippen LogP contribution in [0.25, 0.3) is 0 Å². The molecule has 2 rings (SSSR count). The molecule has 0 bridgehead atoms. The minimum Gasteiger partial charge on any atom is -0.247 e. The summed E-state index contributed by atoms with van der Waals surface area (Å²) in [7, 11) is 0. The zero-order valence-corrected chi connectivity index (χ0v) is 7.59. The Morgan fingerprint density at radius 3 is 3.08 bits per heavy atom. The van der Waals surface area contributed by atoms with Crippen LogP contribution in [0.3, 0.4) is 0 Å². The average Bonchev–Trinajstić information content (AvgIpc) is 2.63. The number of aromatic nitrogens is 4. The molecule has 2 heterocycles. The van der Waals surface area contributed by atoms with Crippen molar-refractivity contribution in [1.29, 1.82) is 0 Å². The van der Waals surface area contributed by atoms with Crippen LogP contribution in [0, 0.1) is 0 Å². The first-order valence-electron chi connectivity index (χ1n) is 3.29. The maximum atomic E-state index is 5.66. The van der Waals surface area contributed by atoms with Gasteiger partial charge in [-0.1, -0.05) is 16.8 Å². The van der Waals surface area contributed by atoms with E-state index in [1.807, 2.05) is 0 Å². The van der Waals surface area contributed by atoms with Gasteiger partial charge >= 0.3 is 0 Å². The second-order valence-electron chi connectivity index (χ2n) is 2.18. The van der Waals surface area contributed by atoms with Crippen LogP contribution in [-0.2, 0) is 6.54 Å². The zero-order chi connectivity index (χ0) is 8.39. The lowest BCUT2D eigenvalue weighted by Crippen LogP contribution is -1.98. The van der Waals surface area contributed by atoms with E-state index in [0.717, 1.165) is 4.88 Å². The number of thiazole rings is 1. The molecule has 0 unspecified atom stereocenters. The molecule has 0 radical (unpaired) electrons. The molecule has 0 aliphatic heterocycles. The molecular formula is C6H5ClN4S. The summed E-state index contributed by atoms with van der Waals surface area (Å²) in [4.78, 5) is 4.99. The van der Waals surface area contributed by atoms with E-state index in [-0.39, 0.29) is 0 Å². The quantitative estimate of drug-likeness (QED) is 0.737. The normalized spacial score (nSPS) is 10.4. The highest BCUT2D eigenvalue weighted by molar-refractivity contribution is 7.15. The van der Waals surface area contributed by atoms with Crippen molar-refractivity contribution in [2.75, 3.05) is 0 Å². The standard InChI is InChI=1S/C6H5ClN4S/c7-6-8-3-5(12-6)4-11-2-1-9-10-11/h1-3H,4H2. The molecule has 0 spiro atoms. The van der Waals surface area contributed by atoms with Gasteiger partial charge in [-0.3, -0.25) is 0 Å². The van der Waals surface area contributed by atoms with Gasteiger partial charge in [-0.25, -0.2) is 9.67 Å². The lowest BCUT2D eigenvalue weighted by molar-refractivity contribution is 0.655. The van der Waals surface area contributed by atoms with Crippen molar-refractivity contribution in [3.8, 4) is 0 Å². The van der Waals surface area contributed by atoms with Gasteiger partial charge in [0, 0.05) is 17.3 Å². The molecule has 0 aliphatic carbocycles. The van der Waals surface area contributed by atoms with E-state index in [2.05, 4.69) is 15.3 Å². The van der Waals surface area contributed by atoms with Crippen molar-refractivity contribution in [3.05, 3.63) is 27.9 Å². The van der Waals surface area contributed by atoms with E-state index in [1.165, 1.54) is 11.3 Å². The van der Waals surface area contributed by atoms with Crippen LogP contribution in [-0.4, -0.2) is 20.0 Å². The highest BCUT2D eigenvalue weighted by atomic mass is 35.5. The van der Waals surface area contributed by atoms with E-state index in [0.29, 0.717) is 11.0 Å². The molecule has 0 saturated carbocycles. The Morgan fingerprint density at radius 1 is 1.58 bits per heavy atom. The lowest BCUT2D eigenvalue weighted by atomic mass is 10.5. The monoisotopic (exact) mass is 200 g/mol. The molecule has 6 heteroatoms. The molecule has 0 amide bonds. The summed E-state index contributed by atoms with van der Waals surface area (Å²) in [6, 6.07) is 0. The van der Waals surface area contributed by atoms with E-state index in [1.54, 1.807) is 23.3 Å². The third-order valence-electron chi connectivity index (χ3n) is 1.32. The number of nitrogens with zero attached hydrogens (tertiary/aromatic N) is 4. The first-order valence-corrected chi connectivity index (χ1v) is 4.48. The number of hydrogen-bond donors (Lipinski definition) is 0. The molecule has 0 fully saturated rings. The van der Waals surface area contributed by atoms with Crippen LogP contribution in [0.1, 0.15) is 4.88 Å². The summed E-state index contributed by atoms with van der Waals surface area (Å²) in [6.07, 6.45) is 5.19. The van der Waals surface area contributed by atoms with Gasteiger partial charge in [0.1, 0.15) is 0 Å². The first-order chi connectivity index (χ1) is 5.84. The van der Waals surface area contributed by atoms with E-state index in [4.69, 9.17) is 11.6 Å². The number of rotatable bonds is 2. The molecule has 4 nitrogen and oxygen atoms in total. The first kappa shape index (κ1) is 7.70. The molecule has 12 heavy (non-hydrogen) atoms. The Kier molecular flexibility index (Phi) is 2.05. The van der Waals surface area contributed by atoms with Crippen molar-refractivity contribution in [2.45, 2.75) is 6.54 Å². The Bertz CT molecular complexity index is 355. The van der Waals surface area contributed by atoms with Gasteiger partial charge in [-0.2, -0.15) is 0 Å². The molecule has 0 atom stereocenters. The minimum absolute atomic E-state index is 0.560.